The molecule has 2 nitrogen and oxygen atoms in total. The van der Waals surface area contributed by atoms with Crippen LogP contribution in [0.3, 0.4) is 0 Å². The van der Waals surface area contributed by atoms with Crippen LogP contribution in [0, 0.1) is 11.2 Å². The van der Waals surface area contributed by atoms with E-state index in [1.165, 1.54) is 25.7 Å². The summed E-state index contributed by atoms with van der Waals surface area (Å²) < 4.78 is 11.0. The lowest BCUT2D eigenvalue weighted by Crippen LogP contribution is -2.22. The molecule has 1 unspecified atom stereocenters. The molecule has 1 rings (SSSR count). The monoisotopic (exact) mass is 242 g/mol. The van der Waals surface area contributed by atoms with Gasteiger partial charge in [0.2, 0.25) is 0 Å². The molecule has 92 valence electrons. The normalized spacial score (nSPS) is 20.2. The van der Waals surface area contributed by atoms with Gasteiger partial charge in [-0.25, -0.2) is 0 Å². The van der Waals surface area contributed by atoms with Gasteiger partial charge in [0.15, 0.2) is 6.29 Å². The molecule has 1 heterocycles. The standard InChI is InChI=1S/C13H22O2S/c1-2-3-11-16-12-7-6-10-15-13-8-4-5-9-14-13/h13H,2-6,8-11H2,1H3. The first-order valence-electron chi connectivity index (χ1n) is 6.26. The molecule has 0 saturated carbocycles. The highest BCUT2D eigenvalue weighted by atomic mass is 32.2. The molecular weight excluding hydrogens is 220 g/mol. The summed E-state index contributed by atoms with van der Waals surface area (Å²) >= 11 is 1.72. The molecule has 0 amide bonds. The maximum atomic E-state index is 5.58. The van der Waals surface area contributed by atoms with Gasteiger partial charge in [-0.1, -0.05) is 31.0 Å². The first-order chi connectivity index (χ1) is 7.93. The molecule has 0 aromatic carbocycles. The minimum Gasteiger partial charge on any atom is -0.353 e. The number of hydrogen-bond acceptors (Lipinski definition) is 3. The van der Waals surface area contributed by atoms with Gasteiger partial charge < -0.3 is 9.47 Å². The highest BCUT2D eigenvalue weighted by Crippen LogP contribution is 2.13. The van der Waals surface area contributed by atoms with Gasteiger partial charge in [0.1, 0.15) is 0 Å². The van der Waals surface area contributed by atoms with Crippen LogP contribution in [0.5, 0.6) is 0 Å². The zero-order valence-electron chi connectivity index (χ0n) is 10.2. The average Bonchev–Trinajstić information content (AvgIpc) is 2.34. The summed E-state index contributed by atoms with van der Waals surface area (Å²) in [5.74, 6) is 4.27. The fourth-order valence-corrected chi connectivity index (χ4v) is 2.19. The first kappa shape index (κ1) is 13.9. The second-order valence-electron chi connectivity index (χ2n) is 3.90. The summed E-state index contributed by atoms with van der Waals surface area (Å²) in [5.41, 5.74) is 0. The van der Waals surface area contributed by atoms with Gasteiger partial charge in [-0.2, -0.15) is 0 Å². The van der Waals surface area contributed by atoms with Crippen LogP contribution in [-0.2, 0) is 9.47 Å². The SMILES string of the molecule is CCCCSC#CCCOC1CCCCO1. The van der Waals surface area contributed by atoms with Gasteiger partial charge >= 0.3 is 0 Å². The van der Waals surface area contributed by atoms with Crippen LogP contribution in [0.2, 0.25) is 0 Å². The Bertz CT molecular complexity index is 214. The number of hydrogen-bond donors (Lipinski definition) is 0. The van der Waals surface area contributed by atoms with Crippen molar-refractivity contribution in [1.82, 2.24) is 0 Å². The average molecular weight is 242 g/mol. The second kappa shape index (κ2) is 10.0. The Balaban J connectivity index is 1.90. The second-order valence-corrected chi connectivity index (χ2v) is 4.80. The van der Waals surface area contributed by atoms with Crippen molar-refractivity contribution in [3.63, 3.8) is 0 Å². The van der Waals surface area contributed by atoms with Crippen molar-refractivity contribution in [1.29, 1.82) is 0 Å². The van der Waals surface area contributed by atoms with Crippen molar-refractivity contribution in [3.05, 3.63) is 0 Å². The van der Waals surface area contributed by atoms with Crippen molar-refractivity contribution >= 4 is 11.8 Å². The Labute approximate surface area is 103 Å². The molecule has 1 atom stereocenters. The molecule has 1 aliphatic rings. The fourth-order valence-electron chi connectivity index (χ4n) is 1.45. The van der Waals surface area contributed by atoms with Crippen LogP contribution in [-0.4, -0.2) is 25.3 Å². The lowest BCUT2D eigenvalue weighted by atomic mass is 10.2. The fraction of sp³-hybridized carbons (Fsp3) is 0.846. The predicted molar refractivity (Wildman–Crippen MR) is 69.3 cm³/mol. The Morgan fingerprint density at radius 2 is 2.38 bits per heavy atom. The largest absolute Gasteiger partial charge is 0.353 e. The van der Waals surface area contributed by atoms with Crippen molar-refractivity contribution < 1.29 is 9.47 Å². The van der Waals surface area contributed by atoms with E-state index in [9.17, 15) is 0 Å². The van der Waals surface area contributed by atoms with E-state index in [1.807, 2.05) is 0 Å². The molecule has 1 aliphatic heterocycles. The zero-order valence-corrected chi connectivity index (χ0v) is 11.0. The molecule has 1 saturated heterocycles. The van der Waals surface area contributed by atoms with Gasteiger partial charge in [0.25, 0.3) is 0 Å². The van der Waals surface area contributed by atoms with Gasteiger partial charge in [-0.3, -0.25) is 0 Å². The molecule has 0 N–H and O–H groups in total. The molecule has 0 aliphatic carbocycles. The first-order valence-corrected chi connectivity index (χ1v) is 7.25. The van der Waals surface area contributed by atoms with Crippen LogP contribution < -0.4 is 0 Å². The van der Waals surface area contributed by atoms with Crippen molar-refractivity contribution in [2.75, 3.05) is 19.0 Å². The van der Waals surface area contributed by atoms with Crippen LogP contribution in [0.1, 0.15) is 45.4 Å². The van der Waals surface area contributed by atoms with Gasteiger partial charge in [-0.15, -0.1) is 0 Å². The third-order valence-corrected chi connectivity index (χ3v) is 3.19. The molecule has 0 spiro atoms. The third kappa shape index (κ3) is 7.16. The van der Waals surface area contributed by atoms with E-state index in [0.29, 0.717) is 6.61 Å². The Morgan fingerprint density at radius 3 is 3.12 bits per heavy atom. The highest BCUT2D eigenvalue weighted by molar-refractivity contribution is 8.03. The lowest BCUT2D eigenvalue weighted by Gasteiger charge is -2.22. The Hall–Kier alpha value is -0.170. The van der Waals surface area contributed by atoms with Gasteiger partial charge in [0, 0.05) is 18.8 Å². The lowest BCUT2D eigenvalue weighted by molar-refractivity contribution is -0.161. The summed E-state index contributed by atoms with van der Waals surface area (Å²) in [6, 6.07) is 0. The van der Waals surface area contributed by atoms with E-state index in [-0.39, 0.29) is 6.29 Å². The van der Waals surface area contributed by atoms with E-state index in [2.05, 4.69) is 18.1 Å². The van der Waals surface area contributed by atoms with Crippen LogP contribution >= 0.6 is 11.8 Å². The maximum absolute atomic E-state index is 5.58. The molecule has 0 aromatic rings. The van der Waals surface area contributed by atoms with Crippen molar-refractivity contribution in [2.45, 2.75) is 51.7 Å². The summed E-state index contributed by atoms with van der Waals surface area (Å²) in [6.45, 7) is 3.75. The molecule has 3 heteroatoms. The summed E-state index contributed by atoms with van der Waals surface area (Å²) in [5, 5.41) is 3.10. The van der Waals surface area contributed by atoms with E-state index in [0.717, 1.165) is 25.2 Å². The van der Waals surface area contributed by atoms with Crippen LogP contribution in [0.15, 0.2) is 0 Å². The Morgan fingerprint density at radius 1 is 1.44 bits per heavy atom. The molecule has 0 aromatic heterocycles. The number of thioether (sulfide) groups is 1. The molecule has 16 heavy (non-hydrogen) atoms. The number of rotatable bonds is 6. The van der Waals surface area contributed by atoms with E-state index < -0.39 is 0 Å². The maximum Gasteiger partial charge on any atom is 0.157 e. The molecule has 1 fully saturated rings. The minimum absolute atomic E-state index is 0.0308. The van der Waals surface area contributed by atoms with E-state index in [1.54, 1.807) is 11.8 Å². The van der Waals surface area contributed by atoms with Crippen molar-refractivity contribution in [3.8, 4) is 11.2 Å². The van der Waals surface area contributed by atoms with Gasteiger partial charge in [0.05, 0.1) is 6.61 Å². The van der Waals surface area contributed by atoms with E-state index >= 15 is 0 Å². The summed E-state index contributed by atoms with van der Waals surface area (Å²) in [4.78, 5) is 0. The predicted octanol–water partition coefficient (Wildman–Crippen LogP) is 3.41. The zero-order chi connectivity index (χ0) is 11.5. The highest BCUT2D eigenvalue weighted by Gasteiger charge is 2.12. The Kier molecular flexibility index (Phi) is 8.70. The van der Waals surface area contributed by atoms with Crippen molar-refractivity contribution in [2.24, 2.45) is 0 Å². The number of ether oxygens (including phenoxy) is 2. The molecular formula is C13H22O2S. The third-order valence-electron chi connectivity index (χ3n) is 2.41. The van der Waals surface area contributed by atoms with Crippen LogP contribution in [0.25, 0.3) is 0 Å². The summed E-state index contributed by atoms with van der Waals surface area (Å²) in [7, 11) is 0. The van der Waals surface area contributed by atoms with Crippen LogP contribution in [0.4, 0.5) is 0 Å². The number of unbranched alkanes of at least 4 members (excludes halogenated alkanes) is 1. The van der Waals surface area contributed by atoms with E-state index in [4.69, 9.17) is 9.47 Å². The van der Waals surface area contributed by atoms with Gasteiger partial charge in [-0.05, 0) is 30.9 Å². The smallest absolute Gasteiger partial charge is 0.157 e. The minimum atomic E-state index is 0.0308. The summed E-state index contributed by atoms with van der Waals surface area (Å²) in [6.07, 6.45) is 6.79. The molecule has 0 bridgehead atoms. The molecule has 0 radical (unpaired) electrons. The topological polar surface area (TPSA) is 18.5 Å². The quantitative estimate of drug-likeness (QED) is 0.525.